The lowest BCUT2D eigenvalue weighted by Crippen LogP contribution is -2.16. The van der Waals surface area contributed by atoms with Crippen LogP contribution in [0.15, 0.2) is 130 Å². The van der Waals surface area contributed by atoms with Gasteiger partial charge in [-0.1, -0.05) is 183 Å². The van der Waals surface area contributed by atoms with E-state index in [2.05, 4.69) is 171 Å². The molecule has 5 nitrogen and oxygen atoms in total. The van der Waals surface area contributed by atoms with Crippen LogP contribution in [0.25, 0.3) is 0 Å². The normalized spacial score (nSPS) is 12.7. The lowest BCUT2D eigenvalue weighted by Gasteiger charge is -2.28. The zero-order valence-corrected chi connectivity index (χ0v) is 39.4. The van der Waals surface area contributed by atoms with Crippen LogP contribution < -0.4 is 0 Å². The summed E-state index contributed by atoms with van der Waals surface area (Å²) >= 11 is 1.72. The first-order chi connectivity index (χ1) is 27.6. The third-order valence-corrected chi connectivity index (χ3v) is 10.7. The van der Waals surface area contributed by atoms with Gasteiger partial charge in [0.25, 0.3) is 0 Å². The van der Waals surface area contributed by atoms with E-state index in [1.165, 1.54) is 41.0 Å². The third kappa shape index (κ3) is 23.9. The standard InChI is InChI=1S/2C9H12.C7H10N2.C7H11N.C7H10O.C7H14.C6H9NS/c2*1-8(2)9-6-4-3-5-7-9;1-6(2)7-3-4-8-5-9-7;1-6(2)7-3-4-8-5-7;1-6(2)7-4-3-5-8-7;1-6(2)7-4-3-5-7;1-5(2)6-7-3-4-8-6/h2*3-8H,1-2H3;3-6H,1-2H3;3,5-6H,4H2,1-2H3;3-6H,1-2H3;6-7H,3-5H2,1-2H3;3-5H,1-2H3. The Balaban J connectivity index is 0.000000339. The molecule has 0 radical (unpaired) electrons. The number of rotatable bonds is 7. The zero-order chi connectivity index (χ0) is 43.3. The fraction of sp³-hybridized carbons (Fsp3) is 0.500. The average Bonchev–Trinajstić information content (AvgIpc) is 4.02. The molecule has 0 amide bonds. The highest BCUT2D eigenvalue weighted by Crippen LogP contribution is 2.32. The maximum absolute atomic E-state index is 5.09. The van der Waals surface area contributed by atoms with Gasteiger partial charge in [-0.2, -0.15) is 0 Å². The molecule has 0 bridgehead atoms. The molecule has 1 aliphatic heterocycles. The number of hydrogen-bond acceptors (Lipinski definition) is 6. The SMILES string of the molecule is CC(C)C1=CCN=C1.CC(C)C1CCC1.CC(C)c1ccccc1.CC(C)c1ccccc1.CC(C)c1ccco1.CC(C)c1ccncn1.CC(C)c1nccs1. The molecule has 7 rings (SSSR count). The molecule has 318 valence electrons. The van der Waals surface area contributed by atoms with E-state index in [1.54, 1.807) is 30.1 Å². The highest BCUT2D eigenvalue weighted by atomic mass is 32.1. The molecule has 2 aliphatic rings. The van der Waals surface area contributed by atoms with Crippen LogP contribution in [0.1, 0.15) is 173 Å². The summed E-state index contributed by atoms with van der Waals surface area (Å²) in [7, 11) is 0. The summed E-state index contributed by atoms with van der Waals surface area (Å²) in [6.45, 7) is 31.5. The first-order valence-electron chi connectivity index (χ1n) is 21.6. The summed E-state index contributed by atoms with van der Waals surface area (Å²) in [5.41, 5.74) is 5.31. The Morgan fingerprint density at radius 3 is 1.38 bits per heavy atom. The van der Waals surface area contributed by atoms with Gasteiger partial charge in [0.1, 0.15) is 12.1 Å². The monoisotopic (exact) mass is 807 g/mol. The van der Waals surface area contributed by atoms with Crippen molar-refractivity contribution < 1.29 is 4.42 Å². The molecular formula is C52H78N4OS. The number of nitrogens with zero attached hydrogens (tertiary/aromatic N) is 4. The lowest BCUT2D eigenvalue weighted by atomic mass is 9.78. The number of furan rings is 1. The largest absolute Gasteiger partial charge is 0.469 e. The van der Waals surface area contributed by atoms with E-state index in [1.807, 2.05) is 48.1 Å². The van der Waals surface area contributed by atoms with Gasteiger partial charge < -0.3 is 4.42 Å². The van der Waals surface area contributed by atoms with Crippen LogP contribution in [0.3, 0.4) is 0 Å². The first kappa shape index (κ1) is 51.9. The number of benzene rings is 2. The quantitative estimate of drug-likeness (QED) is 0.164. The zero-order valence-electron chi connectivity index (χ0n) is 38.6. The van der Waals surface area contributed by atoms with Gasteiger partial charge in [-0.3, -0.25) is 4.99 Å². The van der Waals surface area contributed by atoms with Crippen molar-refractivity contribution in [3.05, 3.63) is 148 Å². The second-order valence-corrected chi connectivity index (χ2v) is 17.8. The lowest BCUT2D eigenvalue weighted by molar-refractivity contribution is 0.235. The highest BCUT2D eigenvalue weighted by Gasteiger charge is 2.19. The van der Waals surface area contributed by atoms with Crippen molar-refractivity contribution in [1.82, 2.24) is 15.0 Å². The molecule has 2 aromatic carbocycles. The number of aliphatic imine (C=N–C) groups is 1. The molecule has 4 heterocycles. The van der Waals surface area contributed by atoms with Crippen molar-refractivity contribution >= 4 is 17.6 Å². The Labute approximate surface area is 359 Å². The van der Waals surface area contributed by atoms with Gasteiger partial charge >= 0.3 is 0 Å². The molecule has 3 aromatic heterocycles. The number of hydrogen-bond donors (Lipinski definition) is 0. The Kier molecular flexibility index (Phi) is 27.6. The molecular weight excluding hydrogens is 729 g/mol. The van der Waals surface area contributed by atoms with E-state index < -0.39 is 0 Å². The number of allylic oxidation sites excluding steroid dienone is 1. The fourth-order valence-corrected chi connectivity index (χ4v) is 5.97. The van der Waals surface area contributed by atoms with Gasteiger partial charge in [-0.05, 0) is 70.4 Å². The molecule has 1 fully saturated rings. The van der Waals surface area contributed by atoms with Crippen molar-refractivity contribution in [2.24, 2.45) is 22.7 Å². The van der Waals surface area contributed by atoms with Crippen LogP contribution in [0.5, 0.6) is 0 Å². The second-order valence-electron chi connectivity index (χ2n) is 16.9. The van der Waals surface area contributed by atoms with Crippen molar-refractivity contribution in [3.8, 4) is 0 Å². The third-order valence-electron chi connectivity index (χ3n) is 9.62. The summed E-state index contributed by atoms with van der Waals surface area (Å²) in [6.07, 6.45) is 15.5. The van der Waals surface area contributed by atoms with Crippen LogP contribution in [0, 0.1) is 17.8 Å². The van der Waals surface area contributed by atoms with Gasteiger partial charge in [-0.15, -0.1) is 11.3 Å². The molecule has 0 spiro atoms. The van der Waals surface area contributed by atoms with Gasteiger partial charge in [0.2, 0.25) is 0 Å². The number of aromatic nitrogens is 3. The van der Waals surface area contributed by atoms with Gasteiger partial charge in [-0.25, -0.2) is 15.0 Å². The van der Waals surface area contributed by atoms with Crippen molar-refractivity contribution in [3.63, 3.8) is 0 Å². The maximum atomic E-state index is 5.09. The van der Waals surface area contributed by atoms with Gasteiger partial charge in [0.15, 0.2) is 0 Å². The molecule has 6 heteroatoms. The van der Waals surface area contributed by atoms with Crippen LogP contribution in [0.2, 0.25) is 0 Å². The van der Waals surface area contributed by atoms with Gasteiger partial charge in [0, 0.05) is 41.5 Å². The Hall–Kier alpha value is -4.16. The minimum Gasteiger partial charge on any atom is -0.469 e. The predicted molar refractivity (Wildman–Crippen MR) is 255 cm³/mol. The Morgan fingerprint density at radius 1 is 0.586 bits per heavy atom. The molecule has 1 aliphatic carbocycles. The van der Waals surface area contributed by atoms with Gasteiger partial charge in [0.05, 0.1) is 17.8 Å². The van der Waals surface area contributed by atoms with Crippen molar-refractivity contribution in [2.45, 2.75) is 146 Å². The first-order valence-corrected chi connectivity index (χ1v) is 22.5. The average molecular weight is 807 g/mol. The molecule has 0 atom stereocenters. The summed E-state index contributed by atoms with van der Waals surface area (Å²) < 4.78 is 5.09. The number of thiazole rings is 1. The summed E-state index contributed by atoms with van der Waals surface area (Å²) in [5.74, 6) is 6.69. The van der Waals surface area contributed by atoms with E-state index in [-0.39, 0.29) is 0 Å². The second kappa shape index (κ2) is 30.9. The summed E-state index contributed by atoms with van der Waals surface area (Å²) in [5, 5.41) is 3.24. The van der Waals surface area contributed by atoms with E-state index in [9.17, 15) is 0 Å². The summed E-state index contributed by atoms with van der Waals surface area (Å²) in [4.78, 5) is 16.1. The molecule has 5 aromatic rings. The minimum atomic E-state index is 0.507. The molecule has 1 saturated carbocycles. The Bertz CT molecular complexity index is 1550. The molecule has 0 saturated heterocycles. The molecule has 0 N–H and O–H groups in total. The van der Waals surface area contributed by atoms with Crippen LogP contribution in [-0.4, -0.2) is 27.7 Å². The minimum absolute atomic E-state index is 0.507. The topological polar surface area (TPSA) is 64.2 Å². The van der Waals surface area contributed by atoms with Crippen molar-refractivity contribution in [2.75, 3.05) is 6.54 Å². The van der Waals surface area contributed by atoms with Crippen molar-refractivity contribution in [1.29, 1.82) is 0 Å². The van der Waals surface area contributed by atoms with E-state index >= 15 is 0 Å². The smallest absolute Gasteiger partial charge is 0.115 e. The predicted octanol–water partition coefficient (Wildman–Crippen LogP) is 16.0. The van der Waals surface area contributed by atoms with Crippen LogP contribution in [-0.2, 0) is 0 Å². The van der Waals surface area contributed by atoms with E-state index in [0.29, 0.717) is 35.5 Å². The van der Waals surface area contributed by atoms with Crippen LogP contribution >= 0.6 is 11.3 Å². The van der Waals surface area contributed by atoms with E-state index in [4.69, 9.17) is 4.42 Å². The fourth-order valence-electron chi connectivity index (χ4n) is 5.32. The maximum Gasteiger partial charge on any atom is 0.115 e. The highest BCUT2D eigenvalue weighted by molar-refractivity contribution is 7.09. The van der Waals surface area contributed by atoms with E-state index in [0.717, 1.165) is 29.8 Å². The van der Waals surface area contributed by atoms with Crippen LogP contribution in [0.4, 0.5) is 0 Å². The molecule has 0 unspecified atom stereocenters. The molecule has 58 heavy (non-hydrogen) atoms. The Morgan fingerprint density at radius 2 is 1.17 bits per heavy atom. The summed E-state index contributed by atoms with van der Waals surface area (Å²) in [6, 6.07) is 26.9.